The summed E-state index contributed by atoms with van der Waals surface area (Å²) in [7, 11) is 3.20. The van der Waals surface area contributed by atoms with Gasteiger partial charge in [0.2, 0.25) is 5.91 Å². The fourth-order valence-electron chi connectivity index (χ4n) is 3.92. The minimum Gasteiger partial charge on any atom is -0.497 e. The largest absolute Gasteiger partial charge is 0.497 e. The van der Waals surface area contributed by atoms with Crippen molar-refractivity contribution in [3.05, 3.63) is 53.0 Å². The normalized spacial score (nSPS) is 18.5. The Labute approximate surface area is 179 Å². The summed E-state index contributed by atoms with van der Waals surface area (Å²) in [6.07, 6.45) is 0. The Kier molecular flexibility index (Phi) is 5.53. The number of nitrogens with zero attached hydrogens (tertiary/aromatic N) is 2. The highest BCUT2D eigenvalue weighted by Gasteiger charge is 2.47. The molecule has 4 rings (SSSR count). The van der Waals surface area contributed by atoms with Crippen molar-refractivity contribution < 1.29 is 19.1 Å². The number of thiophene rings is 1. The van der Waals surface area contributed by atoms with Crippen molar-refractivity contribution in [3.8, 4) is 5.75 Å². The van der Waals surface area contributed by atoms with Gasteiger partial charge in [0.1, 0.15) is 21.8 Å². The number of methoxy groups -OCH3 is 2. The van der Waals surface area contributed by atoms with Crippen LogP contribution < -0.4 is 10.1 Å². The van der Waals surface area contributed by atoms with Crippen LogP contribution in [-0.2, 0) is 22.6 Å². The van der Waals surface area contributed by atoms with E-state index in [0.29, 0.717) is 37.7 Å². The van der Waals surface area contributed by atoms with Gasteiger partial charge in [0.15, 0.2) is 0 Å². The molecule has 7 nitrogen and oxygen atoms in total. The predicted molar refractivity (Wildman–Crippen MR) is 116 cm³/mol. The van der Waals surface area contributed by atoms with Crippen LogP contribution in [0.3, 0.4) is 0 Å². The SMILES string of the molecule is COCCNC(=O)C1(C)Cn2c(cc3ccsc32)C(=O)N1Cc1cccc(OC)c1. The lowest BCUT2D eigenvalue weighted by atomic mass is 9.94. The number of carbonyl (C=O) groups excluding carboxylic acids is 2. The zero-order chi connectivity index (χ0) is 21.3. The van der Waals surface area contributed by atoms with Gasteiger partial charge in [0.05, 0.1) is 20.3 Å². The molecule has 2 aromatic heterocycles. The monoisotopic (exact) mass is 427 g/mol. The number of hydrogen-bond acceptors (Lipinski definition) is 5. The highest BCUT2D eigenvalue weighted by Crippen LogP contribution is 2.35. The van der Waals surface area contributed by atoms with Crippen molar-refractivity contribution >= 4 is 33.4 Å². The van der Waals surface area contributed by atoms with Gasteiger partial charge < -0.3 is 24.3 Å². The van der Waals surface area contributed by atoms with E-state index in [9.17, 15) is 9.59 Å². The lowest BCUT2D eigenvalue weighted by Gasteiger charge is -2.44. The molecule has 0 radical (unpaired) electrons. The molecule has 1 aromatic carbocycles. The topological polar surface area (TPSA) is 72.8 Å². The maximum Gasteiger partial charge on any atom is 0.271 e. The van der Waals surface area contributed by atoms with E-state index < -0.39 is 5.54 Å². The first-order chi connectivity index (χ1) is 14.5. The third kappa shape index (κ3) is 3.46. The molecule has 0 saturated heterocycles. The van der Waals surface area contributed by atoms with E-state index in [2.05, 4.69) is 5.32 Å². The third-order valence-electron chi connectivity index (χ3n) is 5.58. The minimum atomic E-state index is -1.04. The second-order valence-electron chi connectivity index (χ2n) is 7.56. The van der Waals surface area contributed by atoms with Gasteiger partial charge in [0.25, 0.3) is 5.91 Å². The number of aromatic nitrogens is 1. The Hall–Kier alpha value is -2.84. The Morgan fingerprint density at radius 1 is 1.27 bits per heavy atom. The quantitative estimate of drug-likeness (QED) is 0.589. The lowest BCUT2D eigenvalue weighted by Crippen LogP contribution is -2.63. The molecule has 30 heavy (non-hydrogen) atoms. The number of amides is 2. The summed E-state index contributed by atoms with van der Waals surface area (Å²) >= 11 is 1.58. The molecule has 1 aliphatic heterocycles. The van der Waals surface area contributed by atoms with Crippen LogP contribution in [0.2, 0.25) is 0 Å². The van der Waals surface area contributed by atoms with Crippen LogP contribution in [-0.4, -0.2) is 54.2 Å². The van der Waals surface area contributed by atoms with E-state index in [1.54, 1.807) is 30.5 Å². The molecule has 1 aliphatic rings. The summed E-state index contributed by atoms with van der Waals surface area (Å²) in [6.45, 7) is 3.33. The number of nitrogens with one attached hydrogen (secondary N) is 1. The maximum absolute atomic E-state index is 13.6. The Morgan fingerprint density at radius 2 is 2.10 bits per heavy atom. The fraction of sp³-hybridized carbons (Fsp3) is 0.364. The Balaban J connectivity index is 1.74. The molecule has 158 valence electrons. The number of rotatable bonds is 7. The lowest BCUT2D eigenvalue weighted by molar-refractivity contribution is -0.133. The van der Waals surface area contributed by atoms with E-state index in [4.69, 9.17) is 9.47 Å². The van der Waals surface area contributed by atoms with Crippen molar-refractivity contribution in [1.82, 2.24) is 14.8 Å². The van der Waals surface area contributed by atoms with E-state index in [1.165, 1.54) is 0 Å². The molecule has 3 heterocycles. The summed E-state index contributed by atoms with van der Waals surface area (Å²) in [4.78, 5) is 29.5. The predicted octanol–water partition coefficient (Wildman–Crippen LogP) is 2.89. The minimum absolute atomic E-state index is 0.156. The first-order valence-electron chi connectivity index (χ1n) is 9.77. The maximum atomic E-state index is 13.6. The Bertz CT molecular complexity index is 1090. The van der Waals surface area contributed by atoms with E-state index in [1.807, 2.05) is 53.3 Å². The van der Waals surface area contributed by atoms with Crippen LogP contribution in [0.15, 0.2) is 41.8 Å². The van der Waals surface area contributed by atoms with Gasteiger partial charge in [-0.15, -0.1) is 11.3 Å². The summed E-state index contributed by atoms with van der Waals surface area (Å²) in [5.41, 5.74) is 0.471. The zero-order valence-electron chi connectivity index (χ0n) is 17.3. The van der Waals surface area contributed by atoms with E-state index in [-0.39, 0.29) is 11.8 Å². The van der Waals surface area contributed by atoms with E-state index >= 15 is 0 Å². The average Bonchev–Trinajstić information content (AvgIpc) is 3.34. The van der Waals surface area contributed by atoms with Crippen LogP contribution in [0.25, 0.3) is 10.2 Å². The molecule has 1 N–H and O–H groups in total. The number of ether oxygens (including phenoxy) is 2. The second kappa shape index (κ2) is 8.12. The summed E-state index contributed by atoms with van der Waals surface area (Å²) in [6, 6.07) is 11.5. The molecular weight excluding hydrogens is 402 g/mol. The zero-order valence-corrected chi connectivity index (χ0v) is 18.1. The van der Waals surface area contributed by atoms with Gasteiger partial charge in [-0.2, -0.15) is 0 Å². The fourth-order valence-corrected chi connectivity index (χ4v) is 4.81. The number of hydrogen-bond donors (Lipinski definition) is 1. The first kappa shape index (κ1) is 20.4. The van der Waals surface area contributed by atoms with Gasteiger partial charge in [-0.1, -0.05) is 12.1 Å². The number of carbonyl (C=O) groups is 2. The van der Waals surface area contributed by atoms with Gasteiger partial charge >= 0.3 is 0 Å². The average molecular weight is 428 g/mol. The first-order valence-corrected chi connectivity index (χ1v) is 10.6. The molecular formula is C22H25N3O4S. The molecule has 2 amide bonds. The number of benzene rings is 1. The summed E-state index contributed by atoms with van der Waals surface area (Å²) < 4.78 is 12.4. The third-order valence-corrected chi connectivity index (χ3v) is 6.54. The molecule has 1 unspecified atom stereocenters. The molecule has 0 fully saturated rings. The van der Waals surface area contributed by atoms with Crippen molar-refractivity contribution in [2.24, 2.45) is 0 Å². The van der Waals surface area contributed by atoms with Crippen molar-refractivity contribution in [3.63, 3.8) is 0 Å². The smallest absolute Gasteiger partial charge is 0.271 e. The molecule has 3 aromatic rings. The van der Waals surface area contributed by atoms with Gasteiger partial charge in [-0.25, -0.2) is 0 Å². The van der Waals surface area contributed by atoms with E-state index in [0.717, 1.165) is 15.8 Å². The van der Waals surface area contributed by atoms with Crippen LogP contribution in [0.4, 0.5) is 0 Å². The van der Waals surface area contributed by atoms with Crippen molar-refractivity contribution in [2.75, 3.05) is 27.4 Å². The second-order valence-corrected chi connectivity index (χ2v) is 8.46. The highest BCUT2D eigenvalue weighted by atomic mass is 32.1. The molecule has 0 spiro atoms. The number of fused-ring (bicyclic) bond motifs is 3. The standard InChI is InChI=1S/C22H25N3O4S/c1-22(21(27)23-8-9-28-2)14-24-18(12-16-7-10-30-20(16)24)19(26)25(22)13-15-5-4-6-17(11-15)29-3/h4-7,10-12H,8-9,13-14H2,1-3H3,(H,23,27). The molecule has 0 saturated carbocycles. The summed E-state index contributed by atoms with van der Waals surface area (Å²) in [5, 5.41) is 5.95. The molecule has 0 aliphatic carbocycles. The molecule has 0 bridgehead atoms. The van der Waals surface area contributed by atoms with Gasteiger partial charge in [-0.3, -0.25) is 9.59 Å². The molecule has 1 atom stereocenters. The van der Waals surface area contributed by atoms with Crippen LogP contribution in [0, 0.1) is 0 Å². The van der Waals surface area contributed by atoms with Crippen LogP contribution in [0.1, 0.15) is 23.0 Å². The highest BCUT2D eigenvalue weighted by molar-refractivity contribution is 7.16. The van der Waals surface area contributed by atoms with Crippen molar-refractivity contribution in [2.45, 2.75) is 25.6 Å². The van der Waals surface area contributed by atoms with Crippen LogP contribution in [0.5, 0.6) is 5.75 Å². The van der Waals surface area contributed by atoms with Gasteiger partial charge in [-0.05, 0) is 42.1 Å². The van der Waals surface area contributed by atoms with Crippen molar-refractivity contribution in [1.29, 1.82) is 0 Å². The Morgan fingerprint density at radius 3 is 2.87 bits per heavy atom. The van der Waals surface area contributed by atoms with Gasteiger partial charge in [0, 0.05) is 25.6 Å². The van der Waals surface area contributed by atoms with Crippen LogP contribution >= 0.6 is 11.3 Å². The summed E-state index contributed by atoms with van der Waals surface area (Å²) in [5.74, 6) is 0.365. The molecule has 8 heteroatoms.